The average Bonchev–Trinajstić information content (AvgIpc) is 2.53. The highest BCUT2D eigenvalue weighted by atomic mass is 35.5. The van der Waals surface area contributed by atoms with Gasteiger partial charge in [0.1, 0.15) is 0 Å². The first-order valence-electron chi connectivity index (χ1n) is 7.55. The van der Waals surface area contributed by atoms with E-state index >= 15 is 0 Å². The molecule has 2 aromatic rings. The molecular formula is C18H23ClN2. The fourth-order valence-corrected chi connectivity index (χ4v) is 2.46. The lowest BCUT2D eigenvalue weighted by Gasteiger charge is -2.20. The molecule has 0 amide bonds. The molecule has 1 atom stereocenters. The molecule has 0 radical (unpaired) electrons. The zero-order valence-electron chi connectivity index (χ0n) is 12.5. The predicted molar refractivity (Wildman–Crippen MR) is 90.9 cm³/mol. The van der Waals surface area contributed by atoms with Gasteiger partial charge in [0.25, 0.3) is 0 Å². The molecule has 0 unspecified atom stereocenters. The van der Waals surface area contributed by atoms with Gasteiger partial charge >= 0.3 is 0 Å². The van der Waals surface area contributed by atoms with E-state index in [2.05, 4.69) is 54.0 Å². The van der Waals surface area contributed by atoms with Crippen LogP contribution in [0.5, 0.6) is 0 Å². The Bertz CT molecular complexity index is 511. The summed E-state index contributed by atoms with van der Waals surface area (Å²) in [6.07, 6.45) is 1.17. The molecule has 21 heavy (non-hydrogen) atoms. The number of rotatable bonds is 8. The first-order valence-corrected chi connectivity index (χ1v) is 7.93. The number of hydrogen-bond acceptors (Lipinski definition) is 2. The van der Waals surface area contributed by atoms with Gasteiger partial charge in [-0.1, -0.05) is 61.0 Å². The molecule has 2 rings (SSSR count). The van der Waals surface area contributed by atoms with Crippen molar-refractivity contribution in [2.45, 2.75) is 19.4 Å². The third kappa shape index (κ3) is 5.16. The van der Waals surface area contributed by atoms with Gasteiger partial charge in [-0.25, -0.2) is 0 Å². The van der Waals surface area contributed by atoms with Crippen molar-refractivity contribution < 1.29 is 0 Å². The van der Waals surface area contributed by atoms with Crippen LogP contribution < -0.4 is 10.6 Å². The van der Waals surface area contributed by atoms with Crippen molar-refractivity contribution in [3.63, 3.8) is 0 Å². The Morgan fingerprint density at radius 1 is 0.857 bits per heavy atom. The molecule has 0 saturated carbocycles. The van der Waals surface area contributed by atoms with E-state index in [0.717, 1.165) is 24.7 Å². The van der Waals surface area contributed by atoms with Crippen molar-refractivity contribution in [1.82, 2.24) is 10.6 Å². The topological polar surface area (TPSA) is 24.1 Å². The molecule has 2 nitrogen and oxygen atoms in total. The molecule has 2 aromatic carbocycles. The van der Waals surface area contributed by atoms with Gasteiger partial charge in [0.2, 0.25) is 0 Å². The summed E-state index contributed by atoms with van der Waals surface area (Å²) in [5, 5.41) is 7.82. The Labute approximate surface area is 132 Å². The first kappa shape index (κ1) is 16.0. The van der Waals surface area contributed by atoms with Crippen molar-refractivity contribution in [2.24, 2.45) is 0 Å². The molecule has 0 aromatic heterocycles. The molecule has 3 heteroatoms. The summed E-state index contributed by atoms with van der Waals surface area (Å²) in [7, 11) is 0. The smallest absolute Gasteiger partial charge is 0.0577 e. The molecule has 0 aliphatic heterocycles. The fraction of sp³-hybridized carbons (Fsp3) is 0.333. The summed E-state index contributed by atoms with van der Waals surface area (Å²) in [4.78, 5) is 0. The van der Waals surface area contributed by atoms with E-state index < -0.39 is 0 Å². The Morgan fingerprint density at radius 2 is 1.52 bits per heavy atom. The molecule has 0 fully saturated rings. The molecule has 2 N–H and O–H groups in total. The van der Waals surface area contributed by atoms with Crippen LogP contribution in [0.25, 0.3) is 0 Å². The zero-order valence-corrected chi connectivity index (χ0v) is 13.2. The summed E-state index contributed by atoms with van der Waals surface area (Å²) >= 11 is 5.99. The van der Waals surface area contributed by atoms with Gasteiger partial charge in [-0.15, -0.1) is 0 Å². The molecule has 0 aliphatic rings. The third-order valence-corrected chi connectivity index (χ3v) is 3.67. The number of hydrogen-bond donors (Lipinski definition) is 2. The van der Waals surface area contributed by atoms with Crippen LogP contribution in [0.1, 0.15) is 30.5 Å². The van der Waals surface area contributed by atoms with Crippen molar-refractivity contribution in [1.29, 1.82) is 0 Å². The lowest BCUT2D eigenvalue weighted by atomic mass is 9.99. The largest absolute Gasteiger partial charge is 0.315 e. The van der Waals surface area contributed by atoms with Gasteiger partial charge in [0.05, 0.1) is 6.04 Å². The van der Waals surface area contributed by atoms with Gasteiger partial charge in [-0.2, -0.15) is 0 Å². The van der Waals surface area contributed by atoms with Crippen LogP contribution in [-0.4, -0.2) is 19.6 Å². The normalized spacial score (nSPS) is 12.3. The monoisotopic (exact) mass is 302 g/mol. The van der Waals surface area contributed by atoms with E-state index in [1.54, 1.807) is 0 Å². The highest BCUT2D eigenvalue weighted by Crippen LogP contribution is 2.23. The minimum Gasteiger partial charge on any atom is -0.315 e. The molecule has 0 heterocycles. The van der Waals surface area contributed by atoms with E-state index in [1.807, 2.05) is 18.2 Å². The van der Waals surface area contributed by atoms with Crippen molar-refractivity contribution in [2.75, 3.05) is 19.6 Å². The van der Waals surface area contributed by atoms with E-state index in [9.17, 15) is 0 Å². The summed E-state index contributed by atoms with van der Waals surface area (Å²) < 4.78 is 0. The highest BCUT2D eigenvalue weighted by molar-refractivity contribution is 6.30. The number of benzene rings is 2. The average molecular weight is 303 g/mol. The predicted octanol–water partition coefficient (Wildman–Crippen LogP) is 4.02. The Kier molecular flexibility index (Phi) is 6.74. The summed E-state index contributed by atoms with van der Waals surface area (Å²) in [6.45, 7) is 5.16. The Balaban J connectivity index is 2.06. The molecule has 0 spiro atoms. The molecule has 112 valence electrons. The van der Waals surface area contributed by atoms with Crippen LogP contribution in [0.3, 0.4) is 0 Å². The Morgan fingerprint density at radius 3 is 2.19 bits per heavy atom. The maximum atomic E-state index is 5.99. The third-order valence-electron chi connectivity index (χ3n) is 3.41. The SMILES string of the molecule is CCCNCCN[C@@H](c1ccccc1)c1ccc(Cl)cc1. The lowest BCUT2D eigenvalue weighted by molar-refractivity contribution is 0.564. The second-order valence-corrected chi connectivity index (χ2v) is 5.54. The van der Waals surface area contributed by atoms with Gasteiger partial charge in [0.15, 0.2) is 0 Å². The zero-order chi connectivity index (χ0) is 14.9. The van der Waals surface area contributed by atoms with Crippen LogP contribution in [0.4, 0.5) is 0 Å². The van der Waals surface area contributed by atoms with Crippen LogP contribution in [-0.2, 0) is 0 Å². The second-order valence-electron chi connectivity index (χ2n) is 5.10. The second kappa shape index (κ2) is 8.83. The molecular weight excluding hydrogens is 280 g/mol. The van der Waals surface area contributed by atoms with E-state index in [4.69, 9.17) is 11.6 Å². The van der Waals surface area contributed by atoms with Crippen LogP contribution in [0.2, 0.25) is 5.02 Å². The lowest BCUT2D eigenvalue weighted by Crippen LogP contribution is -2.31. The van der Waals surface area contributed by atoms with E-state index in [1.165, 1.54) is 17.5 Å². The van der Waals surface area contributed by atoms with E-state index in [-0.39, 0.29) is 6.04 Å². The first-order chi connectivity index (χ1) is 10.3. The fourth-order valence-electron chi connectivity index (χ4n) is 2.34. The number of nitrogens with one attached hydrogen (secondary N) is 2. The van der Waals surface area contributed by atoms with Gasteiger partial charge in [0, 0.05) is 18.1 Å². The Hall–Kier alpha value is -1.35. The molecule has 0 aliphatic carbocycles. The summed E-state index contributed by atoms with van der Waals surface area (Å²) in [5.41, 5.74) is 2.51. The maximum Gasteiger partial charge on any atom is 0.0577 e. The minimum absolute atomic E-state index is 0.201. The van der Waals surface area contributed by atoms with Crippen molar-refractivity contribution >= 4 is 11.6 Å². The maximum absolute atomic E-state index is 5.99. The van der Waals surface area contributed by atoms with Gasteiger partial charge in [-0.05, 0) is 36.2 Å². The quantitative estimate of drug-likeness (QED) is 0.720. The van der Waals surface area contributed by atoms with Crippen LogP contribution in [0, 0.1) is 0 Å². The van der Waals surface area contributed by atoms with Crippen LogP contribution in [0.15, 0.2) is 54.6 Å². The van der Waals surface area contributed by atoms with Gasteiger partial charge < -0.3 is 10.6 Å². The summed E-state index contributed by atoms with van der Waals surface area (Å²) in [6, 6.07) is 18.8. The van der Waals surface area contributed by atoms with Crippen molar-refractivity contribution in [3.05, 3.63) is 70.7 Å². The van der Waals surface area contributed by atoms with Crippen molar-refractivity contribution in [3.8, 4) is 0 Å². The van der Waals surface area contributed by atoms with Gasteiger partial charge in [-0.3, -0.25) is 0 Å². The molecule has 0 bridgehead atoms. The summed E-state index contributed by atoms with van der Waals surface area (Å²) in [5.74, 6) is 0. The van der Waals surface area contributed by atoms with E-state index in [0.29, 0.717) is 0 Å². The molecule has 0 saturated heterocycles. The minimum atomic E-state index is 0.201. The standard InChI is InChI=1S/C18H23ClN2/c1-2-12-20-13-14-21-18(15-6-4-3-5-7-15)16-8-10-17(19)11-9-16/h3-11,18,20-21H,2,12-14H2,1H3/t18-/m0/s1. The highest BCUT2D eigenvalue weighted by Gasteiger charge is 2.12. The van der Waals surface area contributed by atoms with Crippen LogP contribution >= 0.6 is 11.6 Å². The number of halogens is 1.